The number of benzene rings is 2. The van der Waals surface area contributed by atoms with E-state index in [2.05, 4.69) is 10.5 Å². The van der Waals surface area contributed by atoms with Crippen LogP contribution >= 0.6 is 11.6 Å². The van der Waals surface area contributed by atoms with E-state index in [0.29, 0.717) is 22.1 Å². The average molecular weight is 363 g/mol. The number of carbonyl (C=O) groups is 1. The van der Waals surface area contributed by atoms with E-state index in [9.17, 15) is 9.90 Å². The van der Waals surface area contributed by atoms with E-state index in [1.165, 1.54) is 25.5 Å². The molecule has 0 aromatic heterocycles. The maximum absolute atomic E-state index is 12.1. The van der Waals surface area contributed by atoms with Crippen LogP contribution in [0.4, 0.5) is 0 Å². The molecule has 1 heterocycles. The zero-order valence-electron chi connectivity index (χ0n) is 13.2. The number of para-hydroxylation sites is 2. The summed E-state index contributed by atoms with van der Waals surface area (Å²) in [5.41, 5.74) is 2.65. The van der Waals surface area contributed by atoms with Gasteiger partial charge in [0, 0.05) is 16.7 Å². The molecule has 1 aliphatic heterocycles. The van der Waals surface area contributed by atoms with Crippen LogP contribution in [0.3, 0.4) is 0 Å². The van der Waals surface area contributed by atoms with E-state index >= 15 is 0 Å². The van der Waals surface area contributed by atoms with Gasteiger partial charge in [0.05, 0.1) is 13.3 Å². The molecule has 7 nitrogen and oxygen atoms in total. The average Bonchev–Trinajstić information content (AvgIpc) is 2.63. The Morgan fingerprint density at radius 1 is 1.40 bits per heavy atom. The van der Waals surface area contributed by atoms with Gasteiger partial charge in [-0.3, -0.25) is 4.79 Å². The zero-order chi connectivity index (χ0) is 17.8. The number of nitrogens with one attached hydrogen (secondary N) is 1. The van der Waals surface area contributed by atoms with Gasteiger partial charge in [-0.15, -0.1) is 0 Å². The Balaban J connectivity index is 1.65. The minimum atomic E-state index is -0.824. The first-order valence-electron chi connectivity index (χ1n) is 7.36. The predicted octanol–water partition coefficient (Wildman–Crippen LogP) is 2.34. The third-order valence-corrected chi connectivity index (χ3v) is 3.69. The van der Waals surface area contributed by atoms with Gasteiger partial charge < -0.3 is 19.3 Å². The van der Waals surface area contributed by atoms with Crippen molar-refractivity contribution in [1.82, 2.24) is 5.43 Å². The Kier molecular flexibility index (Phi) is 4.95. The summed E-state index contributed by atoms with van der Waals surface area (Å²) < 4.78 is 16.1. The van der Waals surface area contributed by atoms with Gasteiger partial charge in [-0.05, 0) is 18.2 Å². The normalized spacial score (nSPS) is 15.8. The molecule has 0 spiro atoms. The summed E-state index contributed by atoms with van der Waals surface area (Å²) in [4.78, 5) is 12.1. The third-order valence-electron chi connectivity index (χ3n) is 3.47. The molecule has 0 fully saturated rings. The molecule has 3 rings (SSSR count). The van der Waals surface area contributed by atoms with Gasteiger partial charge >= 0.3 is 0 Å². The number of fused-ring (bicyclic) bond motifs is 1. The monoisotopic (exact) mass is 362 g/mol. The molecule has 25 heavy (non-hydrogen) atoms. The number of methoxy groups -OCH3 is 1. The Morgan fingerprint density at radius 2 is 2.16 bits per heavy atom. The summed E-state index contributed by atoms with van der Waals surface area (Å²) in [5.74, 6) is 0.692. The molecule has 0 aliphatic carbocycles. The van der Waals surface area contributed by atoms with Gasteiger partial charge in [-0.1, -0.05) is 23.7 Å². The highest BCUT2D eigenvalue weighted by atomic mass is 35.5. The van der Waals surface area contributed by atoms with Crippen molar-refractivity contribution in [3.8, 4) is 23.0 Å². The first-order chi connectivity index (χ1) is 12.1. The van der Waals surface area contributed by atoms with E-state index in [4.69, 9.17) is 25.8 Å². The number of nitrogens with zero attached hydrogens (tertiary/aromatic N) is 1. The molecule has 2 N–H and O–H groups in total. The van der Waals surface area contributed by atoms with Gasteiger partial charge in [-0.2, -0.15) is 5.10 Å². The number of hydrogen-bond donors (Lipinski definition) is 2. The second-order valence-corrected chi connectivity index (χ2v) is 5.58. The van der Waals surface area contributed by atoms with E-state index in [1.807, 2.05) is 6.07 Å². The van der Waals surface area contributed by atoms with Crippen molar-refractivity contribution in [1.29, 1.82) is 0 Å². The van der Waals surface area contributed by atoms with Crippen LogP contribution in [0.5, 0.6) is 23.0 Å². The number of halogens is 1. The van der Waals surface area contributed by atoms with Crippen LogP contribution in [-0.4, -0.2) is 37.0 Å². The summed E-state index contributed by atoms with van der Waals surface area (Å²) in [7, 11) is 1.41. The lowest BCUT2D eigenvalue weighted by atomic mass is 10.2. The molecule has 1 atom stereocenters. The molecule has 1 amide bonds. The van der Waals surface area contributed by atoms with Gasteiger partial charge in [0.1, 0.15) is 6.61 Å². The van der Waals surface area contributed by atoms with Crippen LogP contribution < -0.4 is 19.6 Å². The fourth-order valence-corrected chi connectivity index (χ4v) is 2.45. The lowest BCUT2D eigenvalue weighted by Gasteiger charge is -2.24. The molecule has 0 unspecified atom stereocenters. The topological polar surface area (TPSA) is 89.4 Å². The van der Waals surface area contributed by atoms with Crippen LogP contribution in [0.25, 0.3) is 0 Å². The molecule has 130 valence electrons. The number of amides is 1. The Bertz CT molecular complexity index is 825. The molecule has 1 aliphatic rings. The van der Waals surface area contributed by atoms with Crippen molar-refractivity contribution < 1.29 is 24.1 Å². The van der Waals surface area contributed by atoms with E-state index in [0.717, 1.165) is 0 Å². The molecule has 2 aromatic rings. The minimum absolute atomic E-state index is 0.0780. The number of hydrazone groups is 1. The summed E-state index contributed by atoms with van der Waals surface area (Å²) in [6, 6.07) is 10.0. The van der Waals surface area contributed by atoms with Crippen LogP contribution in [0.2, 0.25) is 5.02 Å². The highest BCUT2D eigenvalue weighted by Crippen LogP contribution is 2.32. The smallest absolute Gasteiger partial charge is 0.284 e. The maximum atomic E-state index is 12.1. The molecule has 2 aromatic carbocycles. The number of rotatable bonds is 4. The largest absolute Gasteiger partial charge is 0.504 e. The molecule has 8 heteroatoms. The summed E-state index contributed by atoms with van der Waals surface area (Å²) in [6.45, 7) is 0.0780. The number of aromatic hydroxyl groups is 1. The van der Waals surface area contributed by atoms with Crippen LogP contribution in [0.15, 0.2) is 41.5 Å². The fraction of sp³-hybridized carbons (Fsp3) is 0.176. The van der Waals surface area contributed by atoms with Crippen molar-refractivity contribution in [2.24, 2.45) is 5.10 Å². The molecule has 0 radical (unpaired) electrons. The summed E-state index contributed by atoms with van der Waals surface area (Å²) >= 11 is 5.94. The number of carbonyl (C=O) groups excluding carboxylic acids is 1. The molecular weight excluding hydrogens is 348 g/mol. The van der Waals surface area contributed by atoms with E-state index in [1.54, 1.807) is 18.2 Å². The van der Waals surface area contributed by atoms with Crippen LogP contribution in [0, 0.1) is 0 Å². The van der Waals surface area contributed by atoms with E-state index < -0.39 is 12.0 Å². The van der Waals surface area contributed by atoms with Crippen molar-refractivity contribution in [3.05, 3.63) is 47.0 Å². The van der Waals surface area contributed by atoms with Crippen molar-refractivity contribution in [3.63, 3.8) is 0 Å². The van der Waals surface area contributed by atoms with Crippen LogP contribution in [-0.2, 0) is 4.79 Å². The third kappa shape index (κ3) is 3.77. The quantitative estimate of drug-likeness (QED) is 0.643. The number of ether oxygens (including phenoxy) is 3. The number of hydrogen-bond acceptors (Lipinski definition) is 6. The molecular formula is C17H15ClN2O5. The predicted molar refractivity (Wildman–Crippen MR) is 91.8 cm³/mol. The van der Waals surface area contributed by atoms with E-state index in [-0.39, 0.29) is 18.1 Å². The molecule has 0 bridgehead atoms. The maximum Gasteiger partial charge on any atom is 0.284 e. The SMILES string of the molecule is COc1cc(Cl)cc(/C=N\NC(=O)[C@@H]2COc3ccccc3O2)c1O. The Labute approximate surface area is 148 Å². The summed E-state index contributed by atoms with van der Waals surface area (Å²) in [5, 5.41) is 14.2. The zero-order valence-corrected chi connectivity index (χ0v) is 14.0. The van der Waals surface area contributed by atoms with Gasteiger partial charge in [0.2, 0.25) is 6.10 Å². The van der Waals surface area contributed by atoms with Gasteiger partial charge in [-0.25, -0.2) is 5.43 Å². The highest BCUT2D eigenvalue weighted by Gasteiger charge is 2.27. The standard InChI is InChI=1S/C17H15ClN2O5/c1-23-14-7-11(18)6-10(16(14)21)8-19-20-17(22)15-9-24-12-4-2-3-5-13(12)25-15/h2-8,15,21H,9H2,1H3,(H,20,22)/b19-8-/t15-/m0/s1. The number of phenolic OH excluding ortho intramolecular Hbond substituents is 1. The van der Waals surface area contributed by atoms with Gasteiger partial charge in [0.15, 0.2) is 23.0 Å². The second kappa shape index (κ2) is 7.31. The second-order valence-electron chi connectivity index (χ2n) is 5.14. The first kappa shape index (κ1) is 16.9. The van der Waals surface area contributed by atoms with Crippen molar-refractivity contribution in [2.45, 2.75) is 6.10 Å². The molecule has 0 saturated heterocycles. The van der Waals surface area contributed by atoms with Crippen LogP contribution in [0.1, 0.15) is 5.56 Å². The Morgan fingerprint density at radius 3 is 2.92 bits per heavy atom. The fourth-order valence-electron chi connectivity index (χ4n) is 2.23. The highest BCUT2D eigenvalue weighted by molar-refractivity contribution is 6.31. The minimum Gasteiger partial charge on any atom is -0.504 e. The lowest BCUT2D eigenvalue weighted by molar-refractivity contribution is -0.130. The lowest BCUT2D eigenvalue weighted by Crippen LogP contribution is -2.42. The summed E-state index contributed by atoms with van der Waals surface area (Å²) in [6.07, 6.45) is 0.439. The molecule has 0 saturated carbocycles. The van der Waals surface area contributed by atoms with Gasteiger partial charge in [0.25, 0.3) is 5.91 Å². The first-order valence-corrected chi connectivity index (χ1v) is 7.74. The van der Waals surface area contributed by atoms with Crippen molar-refractivity contribution in [2.75, 3.05) is 13.7 Å². The number of phenols is 1. The Hall–Kier alpha value is -2.93. The van der Waals surface area contributed by atoms with Crippen molar-refractivity contribution >= 4 is 23.7 Å².